The Balaban J connectivity index is 1.58. The molecule has 1 heterocycles. The SMILES string of the molecule is CCc1ccc(NC(=O)CSc2nnc(-c3ccccc3Cl)n2-c2ccc(C)cc2)cc1. The lowest BCUT2D eigenvalue weighted by Gasteiger charge is -2.12. The number of carbonyl (C=O) groups is 1. The molecular weight excluding hydrogens is 440 g/mol. The van der Waals surface area contributed by atoms with Crippen LogP contribution in [-0.4, -0.2) is 26.4 Å². The van der Waals surface area contributed by atoms with Crippen LogP contribution in [0, 0.1) is 6.92 Å². The highest BCUT2D eigenvalue weighted by molar-refractivity contribution is 7.99. The molecule has 0 aliphatic heterocycles. The maximum atomic E-state index is 12.6. The zero-order valence-electron chi connectivity index (χ0n) is 17.9. The van der Waals surface area contributed by atoms with Gasteiger partial charge in [-0.15, -0.1) is 10.2 Å². The predicted octanol–water partition coefficient (Wildman–Crippen LogP) is 6.19. The average molecular weight is 463 g/mol. The average Bonchev–Trinajstić information content (AvgIpc) is 3.23. The normalized spacial score (nSPS) is 10.8. The Morgan fingerprint density at radius 2 is 1.72 bits per heavy atom. The number of anilines is 1. The lowest BCUT2D eigenvalue weighted by Crippen LogP contribution is -2.14. The van der Waals surface area contributed by atoms with Gasteiger partial charge in [-0.25, -0.2) is 0 Å². The third kappa shape index (κ3) is 5.03. The Kier molecular flexibility index (Phi) is 6.93. The van der Waals surface area contributed by atoms with E-state index in [2.05, 4.69) is 22.4 Å². The minimum Gasteiger partial charge on any atom is -0.325 e. The Morgan fingerprint density at radius 3 is 2.41 bits per heavy atom. The molecule has 0 aliphatic carbocycles. The maximum Gasteiger partial charge on any atom is 0.234 e. The second kappa shape index (κ2) is 10.0. The fourth-order valence-electron chi connectivity index (χ4n) is 3.26. The first kappa shape index (κ1) is 22.1. The van der Waals surface area contributed by atoms with Gasteiger partial charge in [-0.3, -0.25) is 9.36 Å². The van der Waals surface area contributed by atoms with Crippen molar-refractivity contribution in [3.05, 3.63) is 88.9 Å². The lowest BCUT2D eigenvalue weighted by atomic mass is 10.1. The van der Waals surface area contributed by atoms with E-state index in [-0.39, 0.29) is 11.7 Å². The van der Waals surface area contributed by atoms with E-state index in [0.29, 0.717) is 16.0 Å². The van der Waals surface area contributed by atoms with Crippen molar-refractivity contribution < 1.29 is 4.79 Å². The van der Waals surface area contributed by atoms with Gasteiger partial charge in [0.05, 0.1) is 10.8 Å². The van der Waals surface area contributed by atoms with Crippen LogP contribution in [0.2, 0.25) is 5.02 Å². The molecule has 162 valence electrons. The van der Waals surface area contributed by atoms with E-state index in [1.807, 2.05) is 84.3 Å². The van der Waals surface area contributed by atoms with E-state index in [1.165, 1.54) is 17.3 Å². The van der Waals surface area contributed by atoms with Crippen LogP contribution in [0.15, 0.2) is 78.0 Å². The summed E-state index contributed by atoms with van der Waals surface area (Å²) in [6, 6.07) is 23.5. The number of aromatic nitrogens is 3. The number of rotatable bonds is 7. The molecule has 0 saturated carbocycles. The topological polar surface area (TPSA) is 59.8 Å². The second-order valence-corrected chi connectivity index (χ2v) is 8.69. The molecule has 1 N–H and O–H groups in total. The van der Waals surface area contributed by atoms with Gasteiger partial charge in [-0.1, -0.05) is 72.2 Å². The third-order valence-electron chi connectivity index (χ3n) is 5.02. The quantitative estimate of drug-likeness (QED) is 0.333. The molecule has 32 heavy (non-hydrogen) atoms. The van der Waals surface area contributed by atoms with Crippen LogP contribution in [-0.2, 0) is 11.2 Å². The Bertz CT molecular complexity index is 1220. The molecule has 0 unspecified atom stereocenters. The Hall–Kier alpha value is -3.09. The molecule has 0 spiro atoms. The van der Waals surface area contributed by atoms with Gasteiger partial charge in [0.25, 0.3) is 0 Å². The van der Waals surface area contributed by atoms with Crippen molar-refractivity contribution in [1.82, 2.24) is 14.8 Å². The summed E-state index contributed by atoms with van der Waals surface area (Å²) < 4.78 is 1.94. The van der Waals surface area contributed by atoms with Crippen molar-refractivity contribution in [2.24, 2.45) is 0 Å². The smallest absolute Gasteiger partial charge is 0.234 e. The van der Waals surface area contributed by atoms with E-state index in [9.17, 15) is 4.79 Å². The number of amides is 1. The van der Waals surface area contributed by atoms with Crippen LogP contribution < -0.4 is 5.32 Å². The first-order chi connectivity index (χ1) is 15.5. The summed E-state index contributed by atoms with van der Waals surface area (Å²) in [6.07, 6.45) is 0.965. The highest BCUT2D eigenvalue weighted by Gasteiger charge is 2.19. The van der Waals surface area contributed by atoms with Crippen molar-refractivity contribution in [2.75, 3.05) is 11.1 Å². The fourth-order valence-corrected chi connectivity index (χ4v) is 4.23. The molecule has 1 amide bonds. The highest BCUT2D eigenvalue weighted by Crippen LogP contribution is 2.32. The Labute approximate surface area is 196 Å². The summed E-state index contributed by atoms with van der Waals surface area (Å²) in [4.78, 5) is 12.6. The van der Waals surface area contributed by atoms with Gasteiger partial charge < -0.3 is 5.32 Å². The second-order valence-electron chi connectivity index (χ2n) is 7.34. The minimum atomic E-state index is -0.100. The molecule has 0 radical (unpaired) electrons. The van der Waals surface area contributed by atoms with Crippen LogP contribution in [0.4, 0.5) is 5.69 Å². The number of nitrogens with one attached hydrogen (secondary N) is 1. The minimum absolute atomic E-state index is 0.100. The summed E-state index contributed by atoms with van der Waals surface area (Å²) in [6.45, 7) is 4.14. The number of hydrogen-bond acceptors (Lipinski definition) is 4. The number of halogens is 1. The van der Waals surface area contributed by atoms with Crippen molar-refractivity contribution >= 4 is 35.0 Å². The van der Waals surface area contributed by atoms with Crippen molar-refractivity contribution in [3.8, 4) is 17.1 Å². The molecule has 4 rings (SSSR count). The van der Waals surface area contributed by atoms with Crippen molar-refractivity contribution in [2.45, 2.75) is 25.4 Å². The predicted molar refractivity (Wildman–Crippen MR) is 132 cm³/mol. The standard InChI is InChI=1S/C25H23ClN4OS/c1-3-18-10-12-19(13-11-18)27-23(31)16-32-25-29-28-24(21-6-4-5-7-22(21)26)30(25)20-14-8-17(2)9-15-20/h4-15H,3,16H2,1-2H3,(H,27,31). The Morgan fingerprint density at radius 1 is 1.00 bits per heavy atom. The molecule has 0 fully saturated rings. The van der Waals surface area contributed by atoms with Gasteiger partial charge in [-0.2, -0.15) is 0 Å². The van der Waals surface area contributed by atoms with Gasteiger partial charge in [0.1, 0.15) is 0 Å². The first-order valence-corrected chi connectivity index (χ1v) is 11.7. The van der Waals surface area contributed by atoms with E-state index in [4.69, 9.17) is 11.6 Å². The summed E-state index contributed by atoms with van der Waals surface area (Å²) in [5.74, 6) is 0.747. The van der Waals surface area contributed by atoms with Crippen molar-refractivity contribution in [3.63, 3.8) is 0 Å². The number of nitrogens with zero attached hydrogens (tertiary/aromatic N) is 3. The van der Waals surface area contributed by atoms with Gasteiger partial charge in [0, 0.05) is 16.9 Å². The monoisotopic (exact) mass is 462 g/mol. The highest BCUT2D eigenvalue weighted by atomic mass is 35.5. The molecular formula is C25H23ClN4OS. The summed E-state index contributed by atoms with van der Waals surface area (Å²) >= 11 is 7.78. The molecule has 1 aromatic heterocycles. The number of benzene rings is 3. The van der Waals surface area contributed by atoms with Crippen LogP contribution in [0.25, 0.3) is 17.1 Å². The molecule has 0 bridgehead atoms. The lowest BCUT2D eigenvalue weighted by molar-refractivity contribution is -0.113. The van der Waals surface area contributed by atoms with Crippen LogP contribution >= 0.6 is 23.4 Å². The summed E-state index contributed by atoms with van der Waals surface area (Å²) in [5, 5.41) is 12.9. The number of thioether (sulfide) groups is 1. The van der Waals surface area contributed by atoms with Crippen LogP contribution in [0.1, 0.15) is 18.1 Å². The van der Waals surface area contributed by atoms with Gasteiger partial charge >= 0.3 is 0 Å². The van der Waals surface area contributed by atoms with E-state index >= 15 is 0 Å². The van der Waals surface area contributed by atoms with Crippen LogP contribution in [0.3, 0.4) is 0 Å². The zero-order valence-corrected chi connectivity index (χ0v) is 19.5. The summed E-state index contributed by atoms with van der Waals surface area (Å²) in [7, 11) is 0. The number of hydrogen-bond donors (Lipinski definition) is 1. The fraction of sp³-hybridized carbons (Fsp3) is 0.160. The zero-order chi connectivity index (χ0) is 22.5. The molecule has 4 aromatic rings. The summed E-state index contributed by atoms with van der Waals surface area (Å²) in [5.41, 5.74) is 4.87. The molecule has 0 atom stereocenters. The number of aryl methyl sites for hydroxylation is 2. The van der Waals surface area contributed by atoms with E-state index in [1.54, 1.807) is 0 Å². The molecule has 7 heteroatoms. The van der Waals surface area contributed by atoms with E-state index in [0.717, 1.165) is 28.9 Å². The van der Waals surface area contributed by atoms with Crippen LogP contribution in [0.5, 0.6) is 0 Å². The van der Waals surface area contributed by atoms with E-state index < -0.39 is 0 Å². The van der Waals surface area contributed by atoms with Gasteiger partial charge in [-0.05, 0) is 55.3 Å². The number of carbonyl (C=O) groups excluding carboxylic acids is 1. The van der Waals surface area contributed by atoms with Gasteiger partial charge in [0.2, 0.25) is 5.91 Å². The molecule has 3 aromatic carbocycles. The molecule has 0 saturated heterocycles. The molecule has 0 aliphatic rings. The first-order valence-electron chi connectivity index (χ1n) is 10.3. The third-order valence-corrected chi connectivity index (χ3v) is 6.28. The largest absolute Gasteiger partial charge is 0.325 e. The molecule has 5 nitrogen and oxygen atoms in total. The van der Waals surface area contributed by atoms with Gasteiger partial charge in [0.15, 0.2) is 11.0 Å². The maximum absolute atomic E-state index is 12.6. The van der Waals surface area contributed by atoms with Crippen molar-refractivity contribution in [1.29, 1.82) is 0 Å².